The van der Waals surface area contributed by atoms with E-state index in [-0.39, 0.29) is 0 Å². The first-order valence-corrected chi connectivity index (χ1v) is 10.5. The lowest BCUT2D eigenvalue weighted by atomic mass is 10.0. The van der Waals surface area contributed by atoms with E-state index in [0.717, 1.165) is 23.1 Å². The number of aryl methyl sites for hydroxylation is 1. The minimum absolute atomic E-state index is 0.674. The number of aromatic nitrogens is 1. The van der Waals surface area contributed by atoms with Crippen LogP contribution in [0.15, 0.2) is 97.2 Å². The number of hydrogen-bond acceptors (Lipinski definition) is 1. The number of para-hydroxylation sites is 1. The van der Waals surface area contributed by atoms with Gasteiger partial charge in [0.25, 0.3) is 0 Å². The maximum Gasteiger partial charge on any atom is 0.0998 e. The van der Waals surface area contributed by atoms with Gasteiger partial charge in [0.15, 0.2) is 0 Å². The number of benzene rings is 4. The second-order valence-electron chi connectivity index (χ2n) is 7.90. The van der Waals surface area contributed by atoms with Crippen molar-refractivity contribution >= 4 is 33.3 Å². The van der Waals surface area contributed by atoms with Crippen LogP contribution < -0.4 is 0 Å². The van der Waals surface area contributed by atoms with E-state index in [2.05, 4.69) is 90.5 Å². The van der Waals surface area contributed by atoms with Crippen LogP contribution in [-0.4, -0.2) is 4.57 Å². The molecular weight excluding hydrogens is 376 g/mol. The van der Waals surface area contributed by atoms with Crippen molar-refractivity contribution in [1.29, 1.82) is 5.26 Å². The first-order valence-electron chi connectivity index (χ1n) is 10.5. The van der Waals surface area contributed by atoms with Crippen LogP contribution in [0, 0.1) is 18.3 Å². The third kappa shape index (κ3) is 3.63. The highest BCUT2D eigenvalue weighted by molar-refractivity contribution is 5.98. The van der Waals surface area contributed by atoms with Crippen molar-refractivity contribution in [3.8, 4) is 6.07 Å². The Hall–Kier alpha value is -4.09. The van der Waals surface area contributed by atoms with Gasteiger partial charge in [0.05, 0.1) is 11.6 Å². The first-order chi connectivity index (χ1) is 15.2. The van der Waals surface area contributed by atoms with Gasteiger partial charge in [-0.15, -0.1) is 0 Å². The van der Waals surface area contributed by atoms with Crippen molar-refractivity contribution in [2.45, 2.75) is 13.5 Å². The van der Waals surface area contributed by atoms with Gasteiger partial charge in [-0.2, -0.15) is 5.26 Å². The van der Waals surface area contributed by atoms with E-state index in [9.17, 15) is 5.26 Å². The second-order valence-corrected chi connectivity index (χ2v) is 7.90. The van der Waals surface area contributed by atoms with Crippen LogP contribution in [0.2, 0.25) is 0 Å². The fourth-order valence-electron chi connectivity index (χ4n) is 4.20. The van der Waals surface area contributed by atoms with E-state index >= 15 is 0 Å². The maximum atomic E-state index is 9.82. The third-order valence-corrected chi connectivity index (χ3v) is 5.82. The van der Waals surface area contributed by atoms with E-state index in [1.807, 2.05) is 30.3 Å². The normalized spacial score (nSPS) is 11.7. The van der Waals surface area contributed by atoms with Gasteiger partial charge in [-0.05, 0) is 41.0 Å². The summed E-state index contributed by atoms with van der Waals surface area (Å²) in [6, 6.07) is 33.9. The van der Waals surface area contributed by atoms with Gasteiger partial charge in [-0.25, -0.2) is 0 Å². The Morgan fingerprint density at radius 3 is 2.35 bits per heavy atom. The van der Waals surface area contributed by atoms with Crippen LogP contribution in [0.4, 0.5) is 0 Å². The summed E-state index contributed by atoms with van der Waals surface area (Å²) in [7, 11) is 0. The zero-order chi connectivity index (χ0) is 21.2. The highest BCUT2D eigenvalue weighted by Gasteiger charge is 2.10. The highest BCUT2D eigenvalue weighted by atomic mass is 15.0. The molecule has 0 aliphatic heterocycles. The van der Waals surface area contributed by atoms with Crippen LogP contribution in [0.3, 0.4) is 0 Å². The van der Waals surface area contributed by atoms with Gasteiger partial charge >= 0.3 is 0 Å². The molecule has 0 radical (unpaired) electrons. The molecule has 0 N–H and O–H groups in total. The lowest BCUT2D eigenvalue weighted by Gasteiger charge is -2.09. The van der Waals surface area contributed by atoms with Crippen LogP contribution in [0.25, 0.3) is 33.3 Å². The fourth-order valence-corrected chi connectivity index (χ4v) is 4.20. The van der Waals surface area contributed by atoms with E-state index in [1.54, 1.807) is 0 Å². The van der Waals surface area contributed by atoms with Crippen LogP contribution in [0.5, 0.6) is 0 Å². The smallest absolute Gasteiger partial charge is 0.0998 e. The van der Waals surface area contributed by atoms with Crippen molar-refractivity contribution in [3.05, 3.63) is 119 Å². The molecule has 0 saturated carbocycles. The van der Waals surface area contributed by atoms with E-state index in [1.165, 1.54) is 27.4 Å². The molecule has 0 atom stereocenters. The average molecular weight is 399 g/mol. The molecule has 0 fully saturated rings. The van der Waals surface area contributed by atoms with Gasteiger partial charge < -0.3 is 4.57 Å². The van der Waals surface area contributed by atoms with Crippen molar-refractivity contribution in [3.63, 3.8) is 0 Å². The molecule has 1 aromatic heterocycles. The summed E-state index contributed by atoms with van der Waals surface area (Å²) in [5.41, 5.74) is 6.32. The summed E-state index contributed by atoms with van der Waals surface area (Å²) in [4.78, 5) is 0. The number of rotatable bonds is 4. The fraction of sp³-hybridized carbons (Fsp3) is 0.0690. The van der Waals surface area contributed by atoms with Gasteiger partial charge in [-0.3, -0.25) is 0 Å². The molecule has 1 heterocycles. The zero-order valence-corrected chi connectivity index (χ0v) is 17.4. The standard InChI is InChI=1S/C29H22N2/c1-21-13-15-22(16-14-21)25(18-30)17-26-20-31(29-12-5-4-11-28(26)29)19-24-9-6-8-23-7-2-3-10-27(23)24/h2-17,20H,19H2,1H3/b25-17-. The molecular formula is C29H22N2. The van der Waals surface area contributed by atoms with Crippen molar-refractivity contribution in [2.24, 2.45) is 0 Å². The summed E-state index contributed by atoms with van der Waals surface area (Å²) in [5.74, 6) is 0. The van der Waals surface area contributed by atoms with Gasteiger partial charge in [-0.1, -0.05) is 90.5 Å². The van der Waals surface area contributed by atoms with Gasteiger partial charge in [0, 0.05) is 29.2 Å². The van der Waals surface area contributed by atoms with Gasteiger partial charge in [0.2, 0.25) is 0 Å². The van der Waals surface area contributed by atoms with Crippen molar-refractivity contribution in [2.75, 3.05) is 0 Å². The average Bonchev–Trinajstić information content (AvgIpc) is 3.15. The Bertz CT molecular complexity index is 1460. The van der Waals surface area contributed by atoms with Crippen LogP contribution >= 0.6 is 0 Å². The Morgan fingerprint density at radius 1 is 0.839 bits per heavy atom. The van der Waals surface area contributed by atoms with E-state index < -0.39 is 0 Å². The topological polar surface area (TPSA) is 28.7 Å². The van der Waals surface area contributed by atoms with Crippen molar-refractivity contribution < 1.29 is 0 Å². The number of nitriles is 1. The number of fused-ring (bicyclic) bond motifs is 2. The predicted molar refractivity (Wildman–Crippen MR) is 130 cm³/mol. The number of nitrogens with zero attached hydrogens (tertiary/aromatic N) is 2. The molecule has 0 bridgehead atoms. The first kappa shape index (κ1) is 18.9. The molecule has 5 rings (SSSR count). The van der Waals surface area contributed by atoms with E-state index in [4.69, 9.17) is 0 Å². The number of allylic oxidation sites excluding steroid dienone is 1. The minimum Gasteiger partial charge on any atom is -0.342 e. The predicted octanol–water partition coefficient (Wildman–Crippen LogP) is 7.22. The molecule has 2 heteroatoms. The molecule has 0 aliphatic carbocycles. The van der Waals surface area contributed by atoms with Gasteiger partial charge in [0.1, 0.15) is 0 Å². The Labute approximate surface area is 182 Å². The second kappa shape index (κ2) is 7.97. The largest absolute Gasteiger partial charge is 0.342 e. The monoisotopic (exact) mass is 398 g/mol. The van der Waals surface area contributed by atoms with Crippen LogP contribution in [-0.2, 0) is 6.54 Å². The molecule has 148 valence electrons. The van der Waals surface area contributed by atoms with E-state index in [0.29, 0.717) is 5.57 Å². The lowest BCUT2D eigenvalue weighted by molar-refractivity contribution is 0.842. The lowest BCUT2D eigenvalue weighted by Crippen LogP contribution is -1.98. The Balaban J connectivity index is 1.62. The molecule has 0 unspecified atom stereocenters. The minimum atomic E-state index is 0.674. The SMILES string of the molecule is Cc1ccc(/C(C#N)=C\c2cn(Cc3cccc4ccccc34)c3ccccc23)cc1. The van der Waals surface area contributed by atoms with Crippen LogP contribution in [0.1, 0.15) is 22.3 Å². The summed E-state index contributed by atoms with van der Waals surface area (Å²) in [5, 5.41) is 13.5. The zero-order valence-electron chi connectivity index (χ0n) is 17.4. The summed E-state index contributed by atoms with van der Waals surface area (Å²) >= 11 is 0. The Kier molecular flexibility index (Phi) is 4.86. The molecule has 0 amide bonds. The number of hydrogen-bond donors (Lipinski definition) is 0. The molecule has 31 heavy (non-hydrogen) atoms. The summed E-state index contributed by atoms with van der Waals surface area (Å²) in [6.45, 7) is 2.84. The van der Waals surface area contributed by atoms with Crippen molar-refractivity contribution in [1.82, 2.24) is 4.57 Å². The third-order valence-electron chi connectivity index (χ3n) is 5.82. The molecule has 5 aromatic rings. The molecule has 0 aliphatic rings. The molecule has 2 nitrogen and oxygen atoms in total. The quantitative estimate of drug-likeness (QED) is 0.294. The molecule has 4 aromatic carbocycles. The molecule has 0 spiro atoms. The molecule has 0 saturated heterocycles. The highest BCUT2D eigenvalue weighted by Crippen LogP contribution is 2.28. The summed E-state index contributed by atoms with van der Waals surface area (Å²) in [6.07, 6.45) is 4.17. The Morgan fingerprint density at radius 2 is 1.55 bits per heavy atom. The summed E-state index contributed by atoms with van der Waals surface area (Å²) < 4.78 is 2.28. The maximum absolute atomic E-state index is 9.82.